The Bertz CT molecular complexity index is 458. The summed E-state index contributed by atoms with van der Waals surface area (Å²) in [7, 11) is 2.07. The maximum absolute atomic E-state index is 6.54. The molecule has 2 nitrogen and oxygen atoms in total. The zero-order chi connectivity index (χ0) is 13.5. The fourth-order valence-electron chi connectivity index (χ4n) is 3.99. The highest BCUT2D eigenvalue weighted by molar-refractivity contribution is 5.39. The SMILES string of the molecule is CNC1CC2(CCCC(C)C2C)Oc2ccccc21. The van der Waals surface area contributed by atoms with Gasteiger partial charge in [0.25, 0.3) is 0 Å². The van der Waals surface area contributed by atoms with E-state index in [0.29, 0.717) is 12.0 Å². The summed E-state index contributed by atoms with van der Waals surface area (Å²) in [6.07, 6.45) is 4.94. The summed E-state index contributed by atoms with van der Waals surface area (Å²) < 4.78 is 6.54. The fourth-order valence-corrected chi connectivity index (χ4v) is 3.99. The van der Waals surface area contributed by atoms with E-state index in [1.165, 1.54) is 24.8 Å². The molecule has 1 fully saturated rings. The number of hydrogen-bond donors (Lipinski definition) is 1. The van der Waals surface area contributed by atoms with E-state index in [4.69, 9.17) is 4.74 Å². The Labute approximate surface area is 116 Å². The Morgan fingerprint density at radius 1 is 1.26 bits per heavy atom. The molecule has 1 heterocycles. The Morgan fingerprint density at radius 2 is 2.05 bits per heavy atom. The zero-order valence-electron chi connectivity index (χ0n) is 12.3. The van der Waals surface area contributed by atoms with Crippen LogP contribution in [-0.4, -0.2) is 12.6 Å². The van der Waals surface area contributed by atoms with Crippen LogP contribution < -0.4 is 10.1 Å². The molecule has 1 saturated carbocycles. The van der Waals surface area contributed by atoms with Crippen LogP contribution in [0.4, 0.5) is 0 Å². The Hall–Kier alpha value is -1.02. The molecule has 2 heteroatoms. The van der Waals surface area contributed by atoms with E-state index in [-0.39, 0.29) is 5.60 Å². The van der Waals surface area contributed by atoms with Crippen LogP contribution in [0.5, 0.6) is 5.75 Å². The number of benzene rings is 1. The highest BCUT2D eigenvalue weighted by Gasteiger charge is 2.47. The third-order valence-electron chi connectivity index (χ3n) is 5.45. The molecule has 0 aromatic heterocycles. The van der Waals surface area contributed by atoms with Crippen LogP contribution in [0.1, 0.15) is 51.1 Å². The molecule has 4 atom stereocenters. The van der Waals surface area contributed by atoms with Crippen molar-refractivity contribution in [1.29, 1.82) is 0 Å². The summed E-state index contributed by atoms with van der Waals surface area (Å²) in [5.41, 5.74) is 1.36. The summed E-state index contributed by atoms with van der Waals surface area (Å²) in [4.78, 5) is 0. The number of rotatable bonds is 1. The van der Waals surface area contributed by atoms with E-state index in [1.807, 2.05) is 0 Å². The first kappa shape index (κ1) is 13.0. The van der Waals surface area contributed by atoms with Crippen molar-refractivity contribution in [2.75, 3.05) is 7.05 Å². The summed E-state index contributed by atoms with van der Waals surface area (Å²) in [5, 5.41) is 3.49. The number of hydrogen-bond acceptors (Lipinski definition) is 2. The van der Waals surface area contributed by atoms with Crippen molar-refractivity contribution in [3.05, 3.63) is 29.8 Å². The van der Waals surface area contributed by atoms with E-state index >= 15 is 0 Å². The van der Waals surface area contributed by atoms with E-state index in [0.717, 1.165) is 18.1 Å². The first-order valence-electron chi connectivity index (χ1n) is 7.61. The van der Waals surface area contributed by atoms with Crippen molar-refractivity contribution in [2.45, 2.75) is 51.2 Å². The van der Waals surface area contributed by atoms with E-state index in [9.17, 15) is 0 Å². The number of ether oxygens (including phenoxy) is 1. The Balaban J connectivity index is 1.98. The van der Waals surface area contributed by atoms with Gasteiger partial charge in [0.15, 0.2) is 0 Å². The molecule has 1 spiro atoms. The van der Waals surface area contributed by atoms with Crippen molar-refractivity contribution in [1.82, 2.24) is 5.32 Å². The monoisotopic (exact) mass is 259 g/mol. The topological polar surface area (TPSA) is 21.3 Å². The van der Waals surface area contributed by atoms with Crippen molar-refractivity contribution < 1.29 is 4.74 Å². The summed E-state index contributed by atoms with van der Waals surface area (Å²) in [6, 6.07) is 8.95. The third kappa shape index (κ3) is 2.06. The minimum absolute atomic E-state index is 0.0414. The Morgan fingerprint density at radius 3 is 2.84 bits per heavy atom. The normalized spacial score (nSPS) is 37.7. The molecule has 0 amide bonds. The van der Waals surface area contributed by atoms with Crippen molar-refractivity contribution in [3.8, 4) is 5.75 Å². The predicted octanol–water partition coefficient (Wildman–Crippen LogP) is 3.92. The maximum Gasteiger partial charge on any atom is 0.124 e. The molecule has 1 aromatic rings. The summed E-state index contributed by atoms with van der Waals surface area (Å²) in [5.74, 6) is 2.48. The van der Waals surface area contributed by atoms with Crippen molar-refractivity contribution in [2.24, 2.45) is 11.8 Å². The lowest BCUT2D eigenvalue weighted by atomic mass is 9.66. The van der Waals surface area contributed by atoms with Gasteiger partial charge in [0.2, 0.25) is 0 Å². The average molecular weight is 259 g/mol. The fraction of sp³-hybridized carbons (Fsp3) is 0.647. The number of fused-ring (bicyclic) bond motifs is 1. The molecular formula is C17H25NO. The standard InChI is InChI=1S/C17H25NO/c1-12-7-6-10-17(13(12)2)11-15(18-3)14-8-4-5-9-16(14)19-17/h4-5,8-9,12-13,15,18H,6-7,10-11H2,1-3H3. The van der Waals surface area contributed by atoms with Gasteiger partial charge in [0, 0.05) is 18.0 Å². The van der Waals surface area contributed by atoms with Gasteiger partial charge in [-0.25, -0.2) is 0 Å². The van der Waals surface area contributed by atoms with Gasteiger partial charge in [-0.1, -0.05) is 38.5 Å². The van der Waals surface area contributed by atoms with Crippen molar-refractivity contribution in [3.63, 3.8) is 0 Å². The molecule has 0 bridgehead atoms. The quantitative estimate of drug-likeness (QED) is 0.825. The smallest absolute Gasteiger partial charge is 0.124 e. The molecule has 104 valence electrons. The second-order valence-electron chi connectivity index (χ2n) is 6.41. The van der Waals surface area contributed by atoms with Gasteiger partial charge >= 0.3 is 0 Å². The van der Waals surface area contributed by atoms with Gasteiger partial charge in [-0.15, -0.1) is 0 Å². The molecule has 19 heavy (non-hydrogen) atoms. The highest BCUT2D eigenvalue weighted by Crippen LogP contribution is 2.49. The lowest BCUT2D eigenvalue weighted by Gasteiger charge is -2.50. The molecule has 4 unspecified atom stereocenters. The van der Waals surface area contributed by atoms with Crippen LogP contribution >= 0.6 is 0 Å². The van der Waals surface area contributed by atoms with Crippen LogP contribution in [0.15, 0.2) is 24.3 Å². The van der Waals surface area contributed by atoms with Crippen LogP contribution in [0.3, 0.4) is 0 Å². The molecule has 1 aliphatic heterocycles. The van der Waals surface area contributed by atoms with E-state index in [2.05, 4.69) is 50.5 Å². The van der Waals surface area contributed by atoms with Crippen LogP contribution in [0.25, 0.3) is 0 Å². The summed E-state index contributed by atoms with van der Waals surface area (Å²) in [6.45, 7) is 4.76. The maximum atomic E-state index is 6.54. The molecule has 1 aromatic carbocycles. The lowest BCUT2D eigenvalue weighted by molar-refractivity contribution is -0.0640. The van der Waals surface area contributed by atoms with Gasteiger partial charge in [0.1, 0.15) is 11.4 Å². The minimum Gasteiger partial charge on any atom is -0.487 e. The molecular weight excluding hydrogens is 234 g/mol. The molecule has 1 aliphatic carbocycles. The van der Waals surface area contributed by atoms with Crippen molar-refractivity contribution >= 4 is 0 Å². The van der Waals surface area contributed by atoms with Gasteiger partial charge in [-0.3, -0.25) is 0 Å². The van der Waals surface area contributed by atoms with Gasteiger partial charge in [-0.2, -0.15) is 0 Å². The first-order chi connectivity index (χ1) is 9.16. The second-order valence-corrected chi connectivity index (χ2v) is 6.41. The minimum atomic E-state index is 0.0414. The average Bonchev–Trinajstić information content (AvgIpc) is 2.44. The van der Waals surface area contributed by atoms with Gasteiger partial charge in [-0.05, 0) is 37.8 Å². The van der Waals surface area contributed by atoms with Gasteiger partial charge in [0.05, 0.1) is 0 Å². The zero-order valence-corrected chi connectivity index (χ0v) is 12.3. The van der Waals surface area contributed by atoms with Gasteiger partial charge < -0.3 is 10.1 Å². The third-order valence-corrected chi connectivity index (χ3v) is 5.45. The molecule has 3 rings (SSSR count). The molecule has 2 aliphatic rings. The Kier molecular flexibility index (Phi) is 3.30. The summed E-state index contributed by atoms with van der Waals surface area (Å²) >= 11 is 0. The molecule has 1 N–H and O–H groups in total. The second kappa shape index (κ2) is 4.82. The lowest BCUT2D eigenvalue weighted by Crippen LogP contribution is -2.52. The largest absolute Gasteiger partial charge is 0.487 e. The first-order valence-corrected chi connectivity index (χ1v) is 7.61. The number of para-hydroxylation sites is 1. The van der Waals surface area contributed by atoms with E-state index in [1.54, 1.807) is 0 Å². The number of nitrogens with one attached hydrogen (secondary N) is 1. The van der Waals surface area contributed by atoms with E-state index < -0.39 is 0 Å². The molecule has 0 saturated heterocycles. The van der Waals surface area contributed by atoms with Crippen LogP contribution in [0, 0.1) is 11.8 Å². The predicted molar refractivity (Wildman–Crippen MR) is 78.4 cm³/mol. The van der Waals surface area contributed by atoms with Crippen LogP contribution in [0.2, 0.25) is 0 Å². The highest BCUT2D eigenvalue weighted by atomic mass is 16.5. The molecule has 0 radical (unpaired) electrons. The van der Waals surface area contributed by atoms with Crippen LogP contribution in [-0.2, 0) is 0 Å².